The first-order chi connectivity index (χ1) is 11.1. The maximum atomic E-state index is 11.6. The van der Waals surface area contributed by atoms with Crippen molar-refractivity contribution in [3.63, 3.8) is 0 Å². The molecule has 0 aromatic heterocycles. The van der Waals surface area contributed by atoms with Crippen LogP contribution in [0.4, 0.5) is 0 Å². The molecule has 2 aromatic rings. The van der Waals surface area contributed by atoms with Gasteiger partial charge in [0.1, 0.15) is 7.59 Å². The highest BCUT2D eigenvalue weighted by molar-refractivity contribution is 7.68. The lowest BCUT2D eigenvalue weighted by Crippen LogP contribution is -2.91. The third-order valence-electron chi connectivity index (χ3n) is 5.09. The van der Waals surface area contributed by atoms with E-state index in [0.717, 1.165) is 16.4 Å². The number of hydrogen-bond acceptors (Lipinski definition) is 3. The van der Waals surface area contributed by atoms with E-state index in [1.165, 1.54) is 0 Å². The Bertz CT molecular complexity index is 675. The summed E-state index contributed by atoms with van der Waals surface area (Å²) in [5.74, 6) is 0. The Balaban J connectivity index is 2.36. The lowest BCUT2D eigenvalue weighted by Gasteiger charge is -2.56. The maximum absolute atomic E-state index is 11.6. The first kappa shape index (κ1) is 17.8. The van der Waals surface area contributed by atoms with Crippen molar-refractivity contribution in [2.24, 2.45) is 0 Å². The van der Waals surface area contributed by atoms with E-state index >= 15 is 0 Å². The lowest BCUT2D eigenvalue weighted by atomic mass is 10.2. The summed E-state index contributed by atoms with van der Waals surface area (Å²) in [7, 11) is -9.00. The van der Waals surface area contributed by atoms with E-state index in [1.54, 1.807) is 0 Å². The molecule has 0 unspecified atom stereocenters. The summed E-state index contributed by atoms with van der Waals surface area (Å²) in [6.45, 7) is 8.44. The predicted octanol–water partition coefficient (Wildman–Crippen LogP) is 1.85. The van der Waals surface area contributed by atoms with E-state index in [1.807, 2.05) is 60.7 Å². The highest BCUT2D eigenvalue weighted by Crippen LogP contribution is 2.41. The number of hydrogen-bond donors (Lipinski definition) is 2. The van der Waals surface area contributed by atoms with Crippen molar-refractivity contribution in [1.29, 1.82) is 0 Å². The summed E-state index contributed by atoms with van der Waals surface area (Å²) in [5, 5.41) is 1.95. The molecule has 0 spiro atoms. The highest BCUT2D eigenvalue weighted by atomic mass is 29.7. The topological polar surface area (TPSA) is 49.7 Å². The van der Waals surface area contributed by atoms with Crippen LogP contribution in [0.2, 0.25) is 19.1 Å². The third-order valence-corrected chi connectivity index (χ3v) is 33.3. The Kier molecular flexibility index (Phi) is 4.26. The molecule has 2 N–H and O–H groups in total. The first-order valence-electron chi connectivity index (χ1n) is 8.38. The largest absolute Gasteiger partial charge is 0.413 e. The standard InChI is InChI=1S/C18H26O3Si3/c1-18(2)15-22(3,4)24(19,20)23(21-18,16-11-7-5-8-12-16)17-13-9-6-10-14-17/h5-14,19-20H,15H2,1-4H3. The molecule has 0 saturated carbocycles. The lowest BCUT2D eigenvalue weighted by molar-refractivity contribution is 0.120. The van der Waals surface area contributed by atoms with Crippen LogP contribution in [-0.4, -0.2) is 38.2 Å². The highest BCUT2D eigenvalue weighted by Gasteiger charge is 2.72. The fraction of sp³-hybridized carbons (Fsp3) is 0.333. The molecule has 1 saturated heterocycles. The van der Waals surface area contributed by atoms with Crippen molar-refractivity contribution in [2.45, 2.75) is 38.6 Å². The summed E-state index contributed by atoms with van der Waals surface area (Å²) >= 11 is 0. The Labute approximate surface area is 146 Å². The van der Waals surface area contributed by atoms with Gasteiger partial charge < -0.3 is 14.0 Å². The van der Waals surface area contributed by atoms with E-state index in [9.17, 15) is 9.59 Å². The Hall–Kier alpha value is -1.03. The van der Waals surface area contributed by atoms with Crippen molar-refractivity contribution in [1.82, 2.24) is 0 Å². The quantitative estimate of drug-likeness (QED) is 0.789. The van der Waals surface area contributed by atoms with Crippen LogP contribution in [0, 0.1) is 0 Å². The van der Waals surface area contributed by atoms with Gasteiger partial charge >= 0.3 is 15.4 Å². The van der Waals surface area contributed by atoms with E-state index < -0.39 is 23.0 Å². The molecule has 2 aromatic carbocycles. The van der Waals surface area contributed by atoms with Crippen molar-refractivity contribution < 1.29 is 14.0 Å². The van der Waals surface area contributed by atoms with Crippen LogP contribution in [0.3, 0.4) is 0 Å². The molecule has 3 rings (SSSR count). The first-order valence-corrected chi connectivity index (χ1v) is 17.4. The molecular weight excluding hydrogens is 348 g/mol. The number of benzene rings is 2. The average Bonchev–Trinajstić information content (AvgIpc) is 2.52. The minimum absolute atomic E-state index is 0.352. The normalized spacial score (nSPS) is 23.6. The maximum Gasteiger partial charge on any atom is 0.334 e. The van der Waals surface area contributed by atoms with E-state index in [2.05, 4.69) is 26.9 Å². The average molecular weight is 375 g/mol. The molecule has 0 bridgehead atoms. The molecule has 1 aliphatic rings. The van der Waals surface area contributed by atoms with Gasteiger partial charge in [-0.3, -0.25) is 0 Å². The van der Waals surface area contributed by atoms with E-state index in [-0.39, 0.29) is 5.60 Å². The molecule has 0 amide bonds. The molecule has 24 heavy (non-hydrogen) atoms. The van der Waals surface area contributed by atoms with Crippen LogP contribution in [0.15, 0.2) is 60.7 Å². The minimum atomic E-state index is -3.61. The molecule has 6 heteroatoms. The van der Waals surface area contributed by atoms with Gasteiger partial charge in [0, 0.05) is 5.60 Å². The van der Waals surface area contributed by atoms with Crippen molar-refractivity contribution >= 4 is 33.4 Å². The molecule has 3 nitrogen and oxygen atoms in total. The van der Waals surface area contributed by atoms with E-state index in [4.69, 9.17) is 4.43 Å². The minimum Gasteiger partial charge on any atom is -0.413 e. The summed E-state index contributed by atoms with van der Waals surface area (Å²) in [6, 6.07) is 20.6. The van der Waals surface area contributed by atoms with Crippen LogP contribution in [-0.2, 0) is 4.43 Å². The molecule has 0 radical (unpaired) electrons. The summed E-state index contributed by atoms with van der Waals surface area (Å²) in [5.41, 5.74) is -0.352. The fourth-order valence-corrected chi connectivity index (χ4v) is 33.5. The molecule has 1 aliphatic heterocycles. The second-order valence-corrected chi connectivity index (χ2v) is 28.1. The fourth-order valence-electron chi connectivity index (χ4n) is 4.22. The van der Waals surface area contributed by atoms with Crippen LogP contribution in [0.5, 0.6) is 0 Å². The number of rotatable bonds is 2. The molecule has 1 fully saturated rings. The molecule has 128 valence electrons. The van der Waals surface area contributed by atoms with Gasteiger partial charge in [-0.05, 0) is 30.3 Å². The summed E-state index contributed by atoms with van der Waals surface area (Å²) in [6.07, 6.45) is 0. The van der Waals surface area contributed by atoms with Crippen molar-refractivity contribution in [3.8, 4) is 0 Å². The van der Waals surface area contributed by atoms with E-state index in [0.29, 0.717) is 0 Å². The second kappa shape index (κ2) is 5.76. The van der Waals surface area contributed by atoms with Crippen molar-refractivity contribution in [3.05, 3.63) is 60.7 Å². The second-order valence-electron chi connectivity index (χ2n) is 8.01. The summed E-state index contributed by atoms with van der Waals surface area (Å²) < 4.78 is 6.72. The smallest absolute Gasteiger partial charge is 0.334 e. The van der Waals surface area contributed by atoms with Gasteiger partial charge in [-0.15, -0.1) is 0 Å². The van der Waals surface area contributed by atoms with Crippen LogP contribution in [0.25, 0.3) is 0 Å². The Morgan fingerprint density at radius 3 is 1.67 bits per heavy atom. The predicted molar refractivity (Wildman–Crippen MR) is 106 cm³/mol. The van der Waals surface area contributed by atoms with Gasteiger partial charge in [0.25, 0.3) is 0 Å². The van der Waals surface area contributed by atoms with Crippen LogP contribution in [0.1, 0.15) is 13.8 Å². The van der Waals surface area contributed by atoms with Gasteiger partial charge in [0.2, 0.25) is 0 Å². The third kappa shape index (κ3) is 2.58. The van der Waals surface area contributed by atoms with Crippen LogP contribution < -0.4 is 10.4 Å². The SMILES string of the molecule is CC1(C)C[Si](C)(C)[Si](O)(O)[Si](c2ccccc2)(c2ccccc2)O1. The molecule has 1 heterocycles. The van der Waals surface area contributed by atoms with Gasteiger partial charge in [0.05, 0.1) is 0 Å². The molecular formula is C18H26O3Si3. The van der Waals surface area contributed by atoms with Gasteiger partial charge in [0.15, 0.2) is 0 Å². The van der Waals surface area contributed by atoms with Crippen molar-refractivity contribution in [2.75, 3.05) is 0 Å². The molecule has 0 aliphatic carbocycles. The summed E-state index contributed by atoms with van der Waals surface area (Å²) in [4.78, 5) is 23.3. The van der Waals surface area contributed by atoms with Gasteiger partial charge in [-0.2, -0.15) is 0 Å². The Morgan fingerprint density at radius 1 is 0.833 bits per heavy atom. The molecule has 0 atom stereocenters. The van der Waals surface area contributed by atoms with Gasteiger partial charge in [-0.25, -0.2) is 0 Å². The van der Waals surface area contributed by atoms with Gasteiger partial charge in [-0.1, -0.05) is 73.8 Å². The van der Waals surface area contributed by atoms with Crippen LogP contribution >= 0.6 is 0 Å². The zero-order valence-corrected chi connectivity index (χ0v) is 17.8. The zero-order chi connectivity index (χ0) is 17.6. The monoisotopic (exact) mass is 374 g/mol. The zero-order valence-electron chi connectivity index (χ0n) is 14.8. The Morgan fingerprint density at radius 2 is 1.25 bits per heavy atom.